The fraction of sp³-hybridized carbons (Fsp3) is 0.250. The normalized spacial score (nSPS) is 11.2. The lowest BCUT2D eigenvalue weighted by molar-refractivity contribution is 0.0944. The average Bonchev–Trinajstić information content (AvgIpc) is 3.11. The number of carbonyl (C=O) groups excluding carboxylic acids is 1. The summed E-state index contributed by atoms with van der Waals surface area (Å²) in [6.45, 7) is 4.51. The highest BCUT2D eigenvalue weighted by molar-refractivity contribution is 5.92. The molecule has 0 spiro atoms. The molecule has 2 aromatic heterocycles. The van der Waals surface area contributed by atoms with Crippen LogP contribution in [-0.2, 0) is 6.54 Å². The summed E-state index contributed by atoms with van der Waals surface area (Å²) in [5.41, 5.74) is 2.50. The van der Waals surface area contributed by atoms with Crippen LogP contribution in [-0.4, -0.2) is 20.7 Å². The zero-order chi connectivity index (χ0) is 14.8. The van der Waals surface area contributed by atoms with Gasteiger partial charge in [-0.05, 0) is 37.4 Å². The van der Waals surface area contributed by atoms with Crippen LogP contribution in [0.4, 0.5) is 0 Å². The Labute approximate surface area is 123 Å². The zero-order valence-corrected chi connectivity index (χ0v) is 12.1. The molecule has 2 heterocycles. The molecule has 0 atom stereocenters. The monoisotopic (exact) mass is 282 g/mol. The van der Waals surface area contributed by atoms with Crippen molar-refractivity contribution in [1.82, 2.24) is 20.1 Å². The lowest BCUT2D eigenvalue weighted by Gasteiger charge is -2.04. The van der Waals surface area contributed by atoms with Gasteiger partial charge in [-0.2, -0.15) is 5.10 Å². The molecule has 0 unspecified atom stereocenters. The summed E-state index contributed by atoms with van der Waals surface area (Å²) in [6, 6.07) is 12.1. The van der Waals surface area contributed by atoms with Gasteiger partial charge in [0, 0.05) is 23.4 Å². The van der Waals surface area contributed by atoms with E-state index >= 15 is 0 Å². The number of hydrogen-bond acceptors (Lipinski definition) is 2. The van der Waals surface area contributed by atoms with Gasteiger partial charge >= 0.3 is 0 Å². The van der Waals surface area contributed by atoms with E-state index < -0.39 is 0 Å². The molecule has 0 aliphatic rings. The number of fused-ring (bicyclic) bond motifs is 1. The largest absolute Gasteiger partial charge is 0.357 e. The third-order valence-electron chi connectivity index (χ3n) is 3.40. The molecule has 2 N–H and O–H groups in total. The van der Waals surface area contributed by atoms with Crippen LogP contribution in [0.15, 0.2) is 42.6 Å². The molecule has 108 valence electrons. The number of nitrogens with one attached hydrogen (secondary N) is 2. The summed E-state index contributed by atoms with van der Waals surface area (Å²) in [4.78, 5) is 15.4. The molecule has 1 amide bonds. The SMILES string of the molecule is CC(C)n1ccc(C(=O)NCc2cc3ccccc3[nH]2)n1. The molecule has 0 aliphatic heterocycles. The van der Waals surface area contributed by atoms with Gasteiger partial charge in [0.25, 0.3) is 5.91 Å². The first-order valence-electron chi connectivity index (χ1n) is 7.03. The lowest BCUT2D eigenvalue weighted by Crippen LogP contribution is -2.23. The number of hydrogen-bond donors (Lipinski definition) is 2. The Balaban J connectivity index is 1.67. The van der Waals surface area contributed by atoms with E-state index in [4.69, 9.17) is 0 Å². The van der Waals surface area contributed by atoms with Gasteiger partial charge in [-0.3, -0.25) is 9.48 Å². The van der Waals surface area contributed by atoms with Gasteiger partial charge in [-0.1, -0.05) is 18.2 Å². The van der Waals surface area contributed by atoms with Crippen LogP contribution in [0.2, 0.25) is 0 Å². The first-order valence-corrected chi connectivity index (χ1v) is 7.03. The smallest absolute Gasteiger partial charge is 0.272 e. The predicted molar refractivity (Wildman–Crippen MR) is 82.1 cm³/mol. The van der Waals surface area contributed by atoms with E-state index in [1.54, 1.807) is 10.7 Å². The van der Waals surface area contributed by atoms with Crippen LogP contribution in [0.5, 0.6) is 0 Å². The van der Waals surface area contributed by atoms with Crippen molar-refractivity contribution in [3.05, 3.63) is 54.0 Å². The summed E-state index contributed by atoms with van der Waals surface area (Å²) >= 11 is 0. The number of benzene rings is 1. The number of nitrogens with zero attached hydrogens (tertiary/aromatic N) is 2. The fourth-order valence-corrected chi connectivity index (χ4v) is 2.24. The zero-order valence-electron chi connectivity index (χ0n) is 12.1. The number of H-pyrrole nitrogens is 1. The van der Waals surface area contributed by atoms with Gasteiger partial charge in [-0.15, -0.1) is 0 Å². The molecule has 0 saturated heterocycles. The number of para-hydroxylation sites is 1. The topological polar surface area (TPSA) is 62.7 Å². The third kappa shape index (κ3) is 2.81. The Morgan fingerprint density at radius 1 is 1.33 bits per heavy atom. The van der Waals surface area contributed by atoms with Crippen LogP contribution in [0, 0.1) is 0 Å². The quantitative estimate of drug-likeness (QED) is 0.773. The van der Waals surface area contributed by atoms with E-state index in [2.05, 4.69) is 15.4 Å². The first-order chi connectivity index (χ1) is 10.1. The van der Waals surface area contributed by atoms with Crippen LogP contribution >= 0.6 is 0 Å². The first kappa shape index (κ1) is 13.4. The molecule has 0 bridgehead atoms. The number of amides is 1. The summed E-state index contributed by atoms with van der Waals surface area (Å²) < 4.78 is 1.78. The van der Waals surface area contributed by atoms with Crippen molar-refractivity contribution in [3.63, 3.8) is 0 Å². The van der Waals surface area contributed by atoms with E-state index in [9.17, 15) is 4.79 Å². The van der Waals surface area contributed by atoms with Crippen LogP contribution in [0.1, 0.15) is 36.1 Å². The molecule has 3 rings (SSSR count). The minimum atomic E-state index is -0.159. The second-order valence-electron chi connectivity index (χ2n) is 5.34. The molecule has 3 aromatic rings. The van der Waals surface area contributed by atoms with Gasteiger partial charge in [0.2, 0.25) is 0 Å². The summed E-state index contributed by atoms with van der Waals surface area (Å²) in [5, 5.41) is 8.29. The van der Waals surface area contributed by atoms with Gasteiger partial charge in [0.05, 0.1) is 6.54 Å². The number of carbonyl (C=O) groups is 1. The maximum atomic E-state index is 12.1. The molecule has 0 fully saturated rings. The van der Waals surface area contributed by atoms with Crippen molar-refractivity contribution in [1.29, 1.82) is 0 Å². The molecule has 0 saturated carbocycles. The highest BCUT2D eigenvalue weighted by atomic mass is 16.1. The van der Waals surface area contributed by atoms with Gasteiger partial charge < -0.3 is 10.3 Å². The third-order valence-corrected chi connectivity index (χ3v) is 3.40. The highest BCUT2D eigenvalue weighted by Crippen LogP contribution is 2.14. The lowest BCUT2D eigenvalue weighted by atomic mass is 10.2. The van der Waals surface area contributed by atoms with Gasteiger partial charge in [0.1, 0.15) is 5.69 Å². The fourth-order valence-electron chi connectivity index (χ4n) is 2.24. The number of aromatic amines is 1. The van der Waals surface area contributed by atoms with Crippen molar-refractivity contribution in [2.45, 2.75) is 26.4 Å². The standard InChI is InChI=1S/C16H18N4O/c1-11(2)20-8-7-15(19-20)16(21)17-10-13-9-12-5-3-4-6-14(12)18-13/h3-9,11,18H,10H2,1-2H3,(H,17,21). The van der Waals surface area contributed by atoms with Gasteiger partial charge in [0.15, 0.2) is 0 Å². The maximum Gasteiger partial charge on any atom is 0.272 e. The van der Waals surface area contributed by atoms with Crippen molar-refractivity contribution in [3.8, 4) is 0 Å². The maximum absolute atomic E-state index is 12.1. The Morgan fingerprint density at radius 3 is 2.86 bits per heavy atom. The van der Waals surface area contributed by atoms with Crippen molar-refractivity contribution >= 4 is 16.8 Å². The van der Waals surface area contributed by atoms with Crippen LogP contribution in [0.3, 0.4) is 0 Å². The summed E-state index contributed by atoms with van der Waals surface area (Å²) in [6.07, 6.45) is 1.82. The Hall–Kier alpha value is -2.56. The second kappa shape index (κ2) is 5.44. The molecule has 1 aromatic carbocycles. The molecule has 0 radical (unpaired) electrons. The molecular weight excluding hydrogens is 264 g/mol. The van der Waals surface area contributed by atoms with Crippen molar-refractivity contribution in [2.24, 2.45) is 0 Å². The summed E-state index contributed by atoms with van der Waals surface area (Å²) in [7, 11) is 0. The van der Waals surface area contributed by atoms with E-state index in [0.717, 1.165) is 16.6 Å². The predicted octanol–water partition coefficient (Wildman–Crippen LogP) is 2.88. The Kier molecular flexibility index (Phi) is 3.48. The minimum absolute atomic E-state index is 0.159. The molecular formula is C16H18N4O. The summed E-state index contributed by atoms with van der Waals surface area (Å²) in [5.74, 6) is -0.159. The van der Waals surface area contributed by atoms with E-state index in [0.29, 0.717) is 12.2 Å². The number of rotatable bonds is 4. The highest BCUT2D eigenvalue weighted by Gasteiger charge is 2.10. The van der Waals surface area contributed by atoms with Crippen LogP contribution in [0.25, 0.3) is 10.9 Å². The average molecular weight is 282 g/mol. The van der Waals surface area contributed by atoms with Crippen LogP contribution < -0.4 is 5.32 Å². The van der Waals surface area contributed by atoms with E-state index in [-0.39, 0.29) is 11.9 Å². The van der Waals surface area contributed by atoms with E-state index in [1.165, 1.54) is 0 Å². The molecule has 5 heteroatoms. The molecule has 0 aliphatic carbocycles. The van der Waals surface area contributed by atoms with Crippen molar-refractivity contribution < 1.29 is 4.79 Å². The van der Waals surface area contributed by atoms with Crippen molar-refractivity contribution in [2.75, 3.05) is 0 Å². The van der Waals surface area contributed by atoms with Gasteiger partial charge in [-0.25, -0.2) is 0 Å². The van der Waals surface area contributed by atoms with E-state index in [1.807, 2.05) is 50.4 Å². The Bertz CT molecular complexity index is 736. The molecule has 5 nitrogen and oxygen atoms in total. The minimum Gasteiger partial charge on any atom is -0.357 e. The second-order valence-corrected chi connectivity index (χ2v) is 5.34. The molecule has 21 heavy (non-hydrogen) atoms. The number of aromatic nitrogens is 3. The Morgan fingerprint density at radius 2 is 2.14 bits per heavy atom.